The van der Waals surface area contributed by atoms with Gasteiger partial charge in [-0.2, -0.15) is 4.98 Å². The van der Waals surface area contributed by atoms with Crippen LogP contribution in [0.5, 0.6) is 0 Å². The summed E-state index contributed by atoms with van der Waals surface area (Å²) in [6, 6.07) is 5.44. The molecule has 1 aromatic heterocycles. The summed E-state index contributed by atoms with van der Waals surface area (Å²) in [5.74, 6) is 1.05. The van der Waals surface area contributed by atoms with E-state index in [2.05, 4.69) is 20.8 Å². The molecule has 1 atom stereocenters. The van der Waals surface area contributed by atoms with Crippen LogP contribution in [-0.2, 0) is 6.42 Å². The first-order chi connectivity index (χ1) is 11.1. The van der Waals surface area contributed by atoms with Gasteiger partial charge < -0.3 is 15.2 Å². The van der Waals surface area contributed by atoms with Crippen LogP contribution in [0.25, 0.3) is 11.5 Å². The Morgan fingerprint density at radius 3 is 2.96 bits per heavy atom. The molecule has 2 aromatic rings. The van der Waals surface area contributed by atoms with E-state index in [1.807, 2.05) is 14.0 Å². The van der Waals surface area contributed by atoms with Crippen molar-refractivity contribution in [1.82, 2.24) is 20.8 Å². The molecule has 0 radical (unpaired) electrons. The number of nitrogens with zero attached hydrogens (tertiary/aromatic N) is 3. The number of likely N-dealkylation sites (N-methyl/N-ethyl adjacent to an activating group) is 1. The Morgan fingerprint density at radius 1 is 1.50 bits per heavy atom. The Balaban J connectivity index is 0.00000208. The maximum atomic E-state index is 11.8. The van der Waals surface area contributed by atoms with Crippen molar-refractivity contribution in [2.75, 3.05) is 25.0 Å². The Labute approximate surface area is 151 Å². The van der Waals surface area contributed by atoms with Crippen molar-refractivity contribution >= 4 is 35.7 Å². The molecule has 1 saturated heterocycles. The molecule has 1 aliphatic heterocycles. The van der Waals surface area contributed by atoms with Crippen molar-refractivity contribution in [3.63, 3.8) is 0 Å². The lowest BCUT2D eigenvalue weighted by atomic mass is 10.2. The molecule has 0 saturated carbocycles. The van der Waals surface area contributed by atoms with Crippen LogP contribution in [0.1, 0.15) is 12.7 Å². The second kappa shape index (κ2) is 7.83. The highest BCUT2D eigenvalue weighted by molar-refractivity contribution is 6.34. The molecule has 24 heavy (non-hydrogen) atoms. The molecule has 0 spiro atoms. The molecule has 1 aliphatic rings. The number of amides is 2. The third-order valence-electron chi connectivity index (χ3n) is 3.79. The van der Waals surface area contributed by atoms with Crippen LogP contribution in [0.15, 0.2) is 22.7 Å². The zero-order chi connectivity index (χ0) is 16.4. The highest BCUT2D eigenvalue weighted by Crippen LogP contribution is 2.31. The summed E-state index contributed by atoms with van der Waals surface area (Å²) < 4.78 is 5.33. The van der Waals surface area contributed by atoms with Gasteiger partial charge in [-0.25, -0.2) is 4.79 Å². The van der Waals surface area contributed by atoms with E-state index in [0.29, 0.717) is 41.9 Å². The number of carbonyl (C=O) groups excluding carboxylic acids is 1. The van der Waals surface area contributed by atoms with Gasteiger partial charge in [0.25, 0.3) is 5.89 Å². The Bertz CT molecular complexity index is 722. The first-order valence-electron chi connectivity index (χ1n) is 7.43. The van der Waals surface area contributed by atoms with E-state index >= 15 is 0 Å². The standard InChI is InChI=1S/C15H18ClN5O2.ClH/c1-9(17-2)7-13-19-14(23-20-13)10-3-4-11(16)12(8-10)21-6-5-18-15(21)22;/h3-4,8-9,17H,5-7H2,1-2H3,(H,18,22);1H. The van der Waals surface area contributed by atoms with Crippen LogP contribution in [0.2, 0.25) is 5.02 Å². The minimum atomic E-state index is -0.155. The monoisotopic (exact) mass is 371 g/mol. The summed E-state index contributed by atoms with van der Waals surface area (Å²) >= 11 is 6.23. The number of nitrogens with one attached hydrogen (secondary N) is 2. The number of urea groups is 1. The minimum absolute atomic E-state index is 0. The third kappa shape index (κ3) is 3.80. The fourth-order valence-electron chi connectivity index (χ4n) is 2.38. The van der Waals surface area contributed by atoms with Crippen LogP contribution < -0.4 is 15.5 Å². The number of hydrogen-bond donors (Lipinski definition) is 2. The number of hydrogen-bond acceptors (Lipinski definition) is 5. The lowest BCUT2D eigenvalue weighted by Crippen LogP contribution is -2.27. The molecular weight excluding hydrogens is 353 g/mol. The van der Waals surface area contributed by atoms with Crippen LogP contribution in [0.3, 0.4) is 0 Å². The number of rotatable bonds is 5. The minimum Gasteiger partial charge on any atom is -0.336 e. The van der Waals surface area contributed by atoms with Gasteiger partial charge in [0.1, 0.15) is 0 Å². The van der Waals surface area contributed by atoms with Crippen LogP contribution in [-0.4, -0.2) is 42.4 Å². The Kier molecular flexibility index (Phi) is 6.04. The Hall–Kier alpha value is -1.83. The molecule has 1 unspecified atom stereocenters. The lowest BCUT2D eigenvalue weighted by molar-refractivity contribution is 0.252. The van der Waals surface area contributed by atoms with Gasteiger partial charge in [0, 0.05) is 31.1 Å². The predicted molar refractivity (Wildman–Crippen MR) is 95.0 cm³/mol. The van der Waals surface area contributed by atoms with Crippen molar-refractivity contribution in [2.24, 2.45) is 0 Å². The molecule has 0 bridgehead atoms. The second-order valence-electron chi connectivity index (χ2n) is 5.46. The largest absolute Gasteiger partial charge is 0.336 e. The highest BCUT2D eigenvalue weighted by atomic mass is 35.5. The molecule has 1 aromatic carbocycles. The van der Waals surface area contributed by atoms with Gasteiger partial charge in [0.05, 0.1) is 10.7 Å². The molecule has 130 valence electrons. The quantitative estimate of drug-likeness (QED) is 0.843. The first-order valence-corrected chi connectivity index (χ1v) is 7.81. The zero-order valence-electron chi connectivity index (χ0n) is 13.4. The summed E-state index contributed by atoms with van der Waals surface area (Å²) in [7, 11) is 1.89. The average molecular weight is 372 g/mol. The van der Waals surface area contributed by atoms with E-state index in [1.165, 1.54) is 0 Å². The van der Waals surface area contributed by atoms with Crippen molar-refractivity contribution in [3.05, 3.63) is 29.0 Å². The van der Waals surface area contributed by atoms with Crippen LogP contribution >= 0.6 is 24.0 Å². The maximum absolute atomic E-state index is 11.8. The first kappa shape index (κ1) is 18.5. The van der Waals surface area contributed by atoms with E-state index < -0.39 is 0 Å². The van der Waals surface area contributed by atoms with Crippen molar-refractivity contribution in [1.29, 1.82) is 0 Å². The summed E-state index contributed by atoms with van der Waals surface area (Å²) in [4.78, 5) is 17.8. The Morgan fingerprint density at radius 2 is 2.29 bits per heavy atom. The van der Waals surface area contributed by atoms with Crippen molar-refractivity contribution < 1.29 is 9.32 Å². The molecule has 2 amide bonds. The van der Waals surface area contributed by atoms with Gasteiger partial charge in [-0.05, 0) is 32.2 Å². The number of halogens is 2. The predicted octanol–water partition coefficient (Wildman–Crippen LogP) is 2.49. The highest BCUT2D eigenvalue weighted by Gasteiger charge is 2.24. The number of carbonyl (C=O) groups is 1. The number of aromatic nitrogens is 2. The van der Waals surface area contributed by atoms with Crippen LogP contribution in [0.4, 0.5) is 10.5 Å². The average Bonchev–Trinajstić information content (AvgIpc) is 3.17. The molecule has 1 fully saturated rings. The number of anilines is 1. The summed E-state index contributed by atoms with van der Waals surface area (Å²) in [6.07, 6.45) is 0.676. The molecule has 3 rings (SSSR count). The van der Waals surface area contributed by atoms with E-state index in [1.54, 1.807) is 23.1 Å². The maximum Gasteiger partial charge on any atom is 0.322 e. The molecule has 9 heteroatoms. The summed E-state index contributed by atoms with van der Waals surface area (Å²) in [5.41, 5.74) is 1.38. The lowest BCUT2D eigenvalue weighted by Gasteiger charge is -2.16. The molecular formula is C15H19Cl2N5O2. The van der Waals surface area contributed by atoms with Gasteiger partial charge >= 0.3 is 6.03 Å². The van der Waals surface area contributed by atoms with E-state index in [9.17, 15) is 4.79 Å². The molecule has 0 aliphatic carbocycles. The fraction of sp³-hybridized carbons (Fsp3) is 0.400. The summed E-state index contributed by atoms with van der Waals surface area (Å²) in [5, 5.41) is 10.4. The molecule has 2 heterocycles. The smallest absolute Gasteiger partial charge is 0.322 e. The van der Waals surface area contributed by atoms with Gasteiger partial charge in [-0.15, -0.1) is 12.4 Å². The van der Waals surface area contributed by atoms with E-state index in [0.717, 1.165) is 5.56 Å². The normalized spacial score (nSPS) is 15.1. The molecule has 7 nitrogen and oxygen atoms in total. The third-order valence-corrected chi connectivity index (χ3v) is 4.11. The van der Waals surface area contributed by atoms with Crippen LogP contribution in [0, 0.1) is 0 Å². The van der Waals surface area contributed by atoms with E-state index in [-0.39, 0.29) is 24.5 Å². The van der Waals surface area contributed by atoms with Gasteiger partial charge in [-0.1, -0.05) is 16.8 Å². The fourth-order valence-corrected chi connectivity index (χ4v) is 2.60. The van der Waals surface area contributed by atoms with E-state index in [4.69, 9.17) is 16.1 Å². The van der Waals surface area contributed by atoms with Crippen molar-refractivity contribution in [2.45, 2.75) is 19.4 Å². The topological polar surface area (TPSA) is 83.3 Å². The van der Waals surface area contributed by atoms with Crippen molar-refractivity contribution in [3.8, 4) is 11.5 Å². The summed E-state index contributed by atoms with van der Waals surface area (Å²) in [6.45, 7) is 3.23. The van der Waals surface area contributed by atoms with Gasteiger partial charge in [0.2, 0.25) is 0 Å². The van der Waals surface area contributed by atoms with Gasteiger partial charge in [0.15, 0.2) is 5.82 Å². The molecule has 2 N–H and O–H groups in total. The second-order valence-corrected chi connectivity index (χ2v) is 5.87. The van der Waals surface area contributed by atoms with Gasteiger partial charge in [-0.3, -0.25) is 4.90 Å². The zero-order valence-corrected chi connectivity index (χ0v) is 14.9. The number of benzene rings is 1. The SMILES string of the molecule is CNC(C)Cc1noc(-c2ccc(Cl)c(N3CCNC3=O)c2)n1.Cl.